The second-order valence-corrected chi connectivity index (χ2v) is 6.01. The molecule has 0 radical (unpaired) electrons. The number of H-pyrrole nitrogens is 1. The summed E-state index contributed by atoms with van der Waals surface area (Å²) in [6, 6.07) is 7.81. The van der Waals surface area contributed by atoms with Crippen molar-refractivity contribution in [2.24, 2.45) is 0 Å². The van der Waals surface area contributed by atoms with Gasteiger partial charge in [-0.25, -0.2) is 4.79 Å². The molecular weight excluding hydrogens is 316 g/mol. The van der Waals surface area contributed by atoms with Gasteiger partial charge < -0.3 is 15.0 Å². The fraction of sp³-hybridized carbons (Fsp3) is 0.400. The van der Waals surface area contributed by atoms with Gasteiger partial charge >= 0.3 is 5.97 Å². The average molecular weight is 342 g/mol. The maximum absolute atomic E-state index is 12.3. The first kappa shape index (κ1) is 18.8. The monoisotopic (exact) mass is 342 g/mol. The van der Waals surface area contributed by atoms with Crippen molar-refractivity contribution in [1.82, 2.24) is 4.98 Å². The van der Waals surface area contributed by atoms with E-state index < -0.39 is 0 Å². The van der Waals surface area contributed by atoms with E-state index in [1.165, 1.54) is 0 Å². The molecule has 2 N–H and O–H groups in total. The number of para-hydroxylation sites is 1. The number of carbonyl (C=O) groups is 2. The lowest BCUT2D eigenvalue weighted by atomic mass is 10.1. The highest BCUT2D eigenvalue weighted by molar-refractivity contribution is 5.93. The summed E-state index contributed by atoms with van der Waals surface area (Å²) in [5.41, 5.74) is 5.10. The molecule has 25 heavy (non-hydrogen) atoms. The van der Waals surface area contributed by atoms with Crippen molar-refractivity contribution in [2.45, 2.75) is 47.0 Å². The van der Waals surface area contributed by atoms with Crippen molar-refractivity contribution < 1.29 is 14.3 Å². The Morgan fingerprint density at radius 2 is 1.88 bits per heavy atom. The normalized spacial score (nSPS) is 10.6. The number of anilines is 1. The number of aromatic nitrogens is 1. The van der Waals surface area contributed by atoms with Crippen LogP contribution in [0.5, 0.6) is 0 Å². The van der Waals surface area contributed by atoms with E-state index in [0.29, 0.717) is 25.0 Å². The van der Waals surface area contributed by atoms with Crippen molar-refractivity contribution in [3.8, 4) is 0 Å². The van der Waals surface area contributed by atoms with E-state index in [2.05, 4.69) is 17.2 Å². The van der Waals surface area contributed by atoms with Crippen molar-refractivity contribution in [1.29, 1.82) is 0 Å². The van der Waals surface area contributed by atoms with Gasteiger partial charge in [0.25, 0.3) is 0 Å². The first-order valence-electron chi connectivity index (χ1n) is 8.70. The highest BCUT2D eigenvalue weighted by Gasteiger charge is 2.19. The fourth-order valence-corrected chi connectivity index (χ4v) is 2.98. The predicted octanol–water partition coefficient (Wildman–Crippen LogP) is 3.94. The van der Waals surface area contributed by atoms with Crippen molar-refractivity contribution >= 4 is 17.6 Å². The lowest BCUT2D eigenvalue weighted by molar-refractivity contribution is -0.116. The molecule has 0 unspecified atom stereocenters. The fourth-order valence-electron chi connectivity index (χ4n) is 2.98. The van der Waals surface area contributed by atoms with Crippen LogP contribution in [0, 0.1) is 13.8 Å². The van der Waals surface area contributed by atoms with Crippen LogP contribution in [0.3, 0.4) is 0 Å². The number of benzene rings is 1. The Labute approximate surface area is 148 Å². The summed E-state index contributed by atoms with van der Waals surface area (Å²) in [4.78, 5) is 27.5. The van der Waals surface area contributed by atoms with Gasteiger partial charge in [0, 0.05) is 23.5 Å². The van der Waals surface area contributed by atoms with Crippen LogP contribution in [0.2, 0.25) is 0 Å². The number of nitrogens with one attached hydrogen (secondary N) is 2. The third-order valence-electron chi connectivity index (χ3n) is 4.30. The van der Waals surface area contributed by atoms with Gasteiger partial charge in [-0.3, -0.25) is 4.79 Å². The molecule has 2 rings (SSSR count). The maximum atomic E-state index is 12.3. The van der Waals surface area contributed by atoms with Crippen molar-refractivity contribution in [3.63, 3.8) is 0 Å². The molecule has 2 aromatic rings. The van der Waals surface area contributed by atoms with Crippen LogP contribution in [0.4, 0.5) is 5.69 Å². The van der Waals surface area contributed by atoms with Crippen LogP contribution in [0.15, 0.2) is 24.3 Å². The summed E-state index contributed by atoms with van der Waals surface area (Å²) >= 11 is 0. The lowest BCUT2D eigenvalue weighted by Crippen LogP contribution is -2.14. The Morgan fingerprint density at radius 3 is 2.56 bits per heavy atom. The molecule has 5 heteroatoms. The van der Waals surface area contributed by atoms with Crippen LogP contribution < -0.4 is 5.32 Å². The van der Waals surface area contributed by atoms with Crippen LogP contribution in [-0.4, -0.2) is 23.5 Å². The number of ether oxygens (including phenoxy) is 1. The van der Waals surface area contributed by atoms with Gasteiger partial charge in [0.05, 0.1) is 12.2 Å². The Balaban J connectivity index is 2.03. The van der Waals surface area contributed by atoms with Crippen molar-refractivity contribution in [3.05, 3.63) is 52.3 Å². The molecule has 0 aliphatic heterocycles. The SMILES string of the molecule is CCOC(=O)c1c(C)[nH]c(CCC(=O)Nc2ccccc2CC)c1C. The van der Waals surface area contributed by atoms with Gasteiger partial charge in [0.1, 0.15) is 0 Å². The van der Waals surface area contributed by atoms with E-state index in [1.807, 2.05) is 38.1 Å². The van der Waals surface area contributed by atoms with E-state index in [-0.39, 0.29) is 11.9 Å². The number of rotatable bonds is 7. The largest absolute Gasteiger partial charge is 0.462 e. The van der Waals surface area contributed by atoms with E-state index in [0.717, 1.165) is 34.6 Å². The second-order valence-electron chi connectivity index (χ2n) is 6.01. The molecule has 5 nitrogen and oxygen atoms in total. The van der Waals surface area contributed by atoms with E-state index >= 15 is 0 Å². The Bertz CT molecular complexity index is 762. The number of carbonyl (C=O) groups excluding carboxylic acids is 2. The van der Waals surface area contributed by atoms with E-state index in [9.17, 15) is 9.59 Å². The van der Waals surface area contributed by atoms with Gasteiger partial charge in [-0.05, 0) is 50.8 Å². The maximum Gasteiger partial charge on any atom is 0.340 e. The lowest BCUT2D eigenvalue weighted by Gasteiger charge is -2.09. The van der Waals surface area contributed by atoms with Crippen molar-refractivity contribution in [2.75, 3.05) is 11.9 Å². The first-order chi connectivity index (χ1) is 12.0. The van der Waals surface area contributed by atoms with E-state index in [4.69, 9.17) is 4.74 Å². The zero-order valence-electron chi connectivity index (χ0n) is 15.4. The average Bonchev–Trinajstić information content (AvgIpc) is 2.87. The summed E-state index contributed by atoms with van der Waals surface area (Å²) in [7, 11) is 0. The summed E-state index contributed by atoms with van der Waals surface area (Å²) in [5, 5.41) is 2.97. The third-order valence-corrected chi connectivity index (χ3v) is 4.30. The second kappa shape index (κ2) is 8.51. The molecule has 0 spiro atoms. The summed E-state index contributed by atoms with van der Waals surface area (Å²) in [6.45, 7) is 7.93. The van der Waals surface area contributed by atoms with Gasteiger partial charge in [0.2, 0.25) is 5.91 Å². The minimum Gasteiger partial charge on any atom is -0.462 e. The summed E-state index contributed by atoms with van der Waals surface area (Å²) in [5.74, 6) is -0.355. The van der Waals surface area contributed by atoms with Crippen LogP contribution >= 0.6 is 0 Å². The number of hydrogen-bond donors (Lipinski definition) is 2. The Kier molecular flexibility index (Phi) is 6.39. The number of aryl methyl sites for hydroxylation is 3. The Hall–Kier alpha value is -2.56. The number of amides is 1. The first-order valence-corrected chi connectivity index (χ1v) is 8.70. The molecule has 1 aromatic carbocycles. The molecular formula is C20H26N2O3. The molecule has 0 aliphatic carbocycles. The summed E-state index contributed by atoms with van der Waals surface area (Å²) in [6.07, 6.45) is 1.77. The molecule has 0 aliphatic rings. The molecule has 0 saturated carbocycles. The Morgan fingerprint density at radius 1 is 1.16 bits per heavy atom. The quantitative estimate of drug-likeness (QED) is 0.749. The molecule has 134 valence electrons. The molecule has 1 amide bonds. The van der Waals surface area contributed by atoms with Crippen LogP contribution in [-0.2, 0) is 22.4 Å². The van der Waals surface area contributed by atoms with E-state index in [1.54, 1.807) is 6.92 Å². The third kappa shape index (κ3) is 4.50. The van der Waals surface area contributed by atoms with Gasteiger partial charge in [-0.1, -0.05) is 25.1 Å². The molecule has 0 fully saturated rings. The molecule has 0 bridgehead atoms. The highest BCUT2D eigenvalue weighted by atomic mass is 16.5. The standard InChI is InChI=1S/C20H26N2O3/c1-5-15-9-7-8-10-17(15)22-18(23)12-11-16-13(3)19(14(4)21-16)20(24)25-6-2/h7-10,21H,5-6,11-12H2,1-4H3,(H,22,23). The minimum atomic E-state index is -0.318. The minimum absolute atomic E-state index is 0.0368. The molecule has 0 atom stereocenters. The smallest absolute Gasteiger partial charge is 0.340 e. The summed E-state index contributed by atoms with van der Waals surface area (Å²) < 4.78 is 5.09. The zero-order valence-corrected chi connectivity index (χ0v) is 15.4. The topological polar surface area (TPSA) is 71.2 Å². The molecule has 0 saturated heterocycles. The highest BCUT2D eigenvalue weighted by Crippen LogP contribution is 2.21. The number of hydrogen-bond acceptors (Lipinski definition) is 3. The molecule has 1 heterocycles. The predicted molar refractivity (Wildman–Crippen MR) is 99.0 cm³/mol. The zero-order chi connectivity index (χ0) is 18.4. The number of aromatic amines is 1. The molecule has 1 aromatic heterocycles. The van der Waals surface area contributed by atoms with Gasteiger partial charge in [-0.15, -0.1) is 0 Å². The van der Waals surface area contributed by atoms with Crippen LogP contribution in [0.25, 0.3) is 0 Å². The van der Waals surface area contributed by atoms with Gasteiger partial charge in [0.15, 0.2) is 0 Å². The number of esters is 1. The van der Waals surface area contributed by atoms with Gasteiger partial charge in [-0.2, -0.15) is 0 Å². The van der Waals surface area contributed by atoms with Crippen LogP contribution in [0.1, 0.15) is 53.1 Å².